The van der Waals surface area contributed by atoms with Crippen molar-refractivity contribution in [2.24, 2.45) is 5.73 Å². The molecule has 0 aromatic heterocycles. The Bertz CT molecular complexity index is 408. The molecule has 1 aliphatic carbocycles. The average Bonchev–Trinajstić information content (AvgIpc) is 2.72. The lowest BCUT2D eigenvalue weighted by Crippen LogP contribution is -2.36. The monoisotopic (exact) mass is 288 g/mol. The fourth-order valence-electron chi connectivity index (χ4n) is 3.25. The SMILES string of the molecule is CC(C)(C)c1ccc(C(CN)NC2CCCCCC2)cc1. The van der Waals surface area contributed by atoms with Crippen molar-refractivity contribution in [2.45, 2.75) is 76.8 Å². The molecule has 3 N–H and O–H groups in total. The molecule has 0 aliphatic heterocycles. The van der Waals surface area contributed by atoms with Gasteiger partial charge in [0.15, 0.2) is 0 Å². The van der Waals surface area contributed by atoms with Crippen LogP contribution in [0, 0.1) is 0 Å². The molecule has 0 spiro atoms. The van der Waals surface area contributed by atoms with Crippen LogP contribution in [0.4, 0.5) is 0 Å². The van der Waals surface area contributed by atoms with E-state index in [1.807, 2.05) is 0 Å². The predicted octanol–water partition coefficient (Wildman–Crippen LogP) is 4.30. The summed E-state index contributed by atoms with van der Waals surface area (Å²) in [5.74, 6) is 0. The number of hydrogen-bond donors (Lipinski definition) is 2. The third-order valence-corrected chi connectivity index (χ3v) is 4.71. The minimum Gasteiger partial charge on any atom is -0.329 e. The van der Waals surface area contributed by atoms with Gasteiger partial charge in [-0.3, -0.25) is 0 Å². The molecular formula is C19H32N2. The van der Waals surface area contributed by atoms with Gasteiger partial charge in [-0.15, -0.1) is 0 Å². The van der Waals surface area contributed by atoms with Gasteiger partial charge in [0.1, 0.15) is 0 Å². The van der Waals surface area contributed by atoms with E-state index in [1.54, 1.807) is 0 Å². The molecule has 2 heteroatoms. The standard InChI is InChI=1S/C19H32N2/c1-19(2,3)16-12-10-15(11-13-16)18(14-20)21-17-8-6-4-5-7-9-17/h10-13,17-18,21H,4-9,14,20H2,1-3H3. The number of rotatable bonds is 4. The summed E-state index contributed by atoms with van der Waals surface area (Å²) >= 11 is 0. The van der Waals surface area contributed by atoms with Crippen molar-refractivity contribution in [2.75, 3.05) is 6.54 Å². The topological polar surface area (TPSA) is 38.0 Å². The van der Waals surface area contributed by atoms with Gasteiger partial charge in [-0.25, -0.2) is 0 Å². The molecule has 2 rings (SSSR count). The fourth-order valence-corrected chi connectivity index (χ4v) is 3.25. The first kappa shape index (κ1) is 16.5. The van der Waals surface area contributed by atoms with E-state index in [0.29, 0.717) is 18.6 Å². The maximum atomic E-state index is 6.02. The van der Waals surface area contributed by atoms with E-state index in [1.165, 1.54) is 49.7 Å². The maximum Gasteiger partial charge on any atom is 0.0446 e. The van der Waals surface area contributed by atoms with E-state index in [4.69, 9.17) is 5.73 Å². The zero-order valence-electron chi connectivity index (χ0n) is 14.0. The van der Waals surface area contributed by atoms with Crippen LogP contribution < -0.4 is 11.1 Å². The third kappa shape index (κ3) is 4.82. The van der Waals surface area contributed by atoms with Crippen molar-refractivity contribution >= 4 is 0 Å². The molecule has 1 aromatic carbocycles. The van der Waals surface area contributed by atoms with Crippen LogP contribution in [0.1, 0.15) is 76.5 Å². The zero-order valence-corrected chi connectivity index (χ0v) is 14.0. The number of nitrogens with two attached hydrogens (primary N) is 1. The van der Waals surface area contributed by atoms with Crippen LogP contribution in [0.3, 0.4) is 0 Å². The number of benzene rings is 1. The molecule has 0 heterocycles. The van der Waals surface area contributed by atoms with E-state index in [-0.39, 0.29) is 5.41 Å². The molecule has 1 aliphatic rings. The first-order chi connectivity index (χ1) is 10.0. The second-order valence-corrected chi connectivity index (χ2v) is 7.52. The minimum atomic E-state index is 0.214. The second kappa shape index (κ2) is 7.42. The molecule has 118 valence electrons. The first-order valence-corrected chi connectivity index (χ1v) is 8.57. The van der Waals surface area contributed by atoms with Gasteiger partial charge >= 0.3 is 0 Å². The molecule has 1 fully saturated rings. The largest absolute Gasteiger partial charge is 0.329 e. The number of nitrogens with one attached hydrogen (secondary N) is 1. The molecule has 0 amide bonds. The lowest BCUT2D eigenvalue weighted by molar-refractivity contribution is 0.402. The van der Waals surface area contributed by atoms with Gasteiger partial charge < -0.3 is 11.1 Å². The Kier molecular flexibility index (Phi) is 5.83. The van der Waals surface area contributed by atoms with Crippen molar-refractivity contribution in [1.82, 2.24) is 5.32 Å². The van der Waals surface area contributed by atoms with Crippen molar-refractivity contribution in [3.8, 4) is 0 Å². The van der Waals surface area contributed by atoms with Gasteiger partial charge in [0.05, 0.1) is 0 Å². The Hall–Kier alpha value is -0.860. The third-order valence-electron chi connectivity index (χ3n) is 4.71. The van der Waals surface area contributed by atoms with Crippen molar-refractivity contribution in [3.05, 3.63) is 35.4 Å². The zero-order chi connectivity index (χ0) is 15.3. The predicted molar refractivity (Wildman–Crippen MR) is 91.6 cm³/mol. The summed E-state index contributed by atoms with van der Waals surface area (Å²) in [4.78, 5) is 0. The van der Waals surface area contributed by atoms with Crippen LogP contribution in [0.5, 0.6) is 0 Å². The Morgan fingerprint density at radius 3 is 2.10 bits per heavy atom. The molecule has 0 radical (unpaired) electrons. The summed E-state index contributed by atoms with van der Waals surface area (Å²) in [6, 6.07) is 9.95. The Morgan fingerprint density at radius 1 is 1.05 bits per heavy atom. The summed E-state index contributed by atoms with van der Waals surface area (Å²) in [5.41, 5.74) is 8.95. The van der Waals surface area contributed by atoms with Gasteiger partial charge in [-0.1, -0.05) is 70.7 Å². The molecule has 1 aromatic rings. The summed E-state index contributed by atoms with van der Waals surface area (Å²) in [6.45, 7) is 7.44. The van der Waals surface area contributed by atoms with Gasteiger partial charge in [-0.05, 0) is 29.4 Å². The molecule has 1 saturated carbocycles. The van der Waals surface area contributed by atoms with Crippen LogP contribution in [-0.2, 0) is 5.41 Å². The summed E-state index contributed by atoms with van der Waals surface area (Å²) in [7, 11) is 0. The lowest BCUT2D eigenvalue weighted by atomic mass is 9.86. The molecule has 1 unspecified atom stereocenters. The molecule has 0 saturated heterocycles. The quantitative estimate of drug-likeness (QED) is 0.811. The highest BCUT2D eigenvalue weighted by Crippen LogP contribution is 2.25. The van der Waals surface area contributed by atoms with Gasteiger partial charge in [-0.2, -0.15) is 0 Å². The van der Waals surface area contributed by atoms with Crippen molar-refractivity contribution in [1.29, 1.82) is 0 Å². The van der Waals surface area contributed by atoms with Crippen LogP contribution in [0.25, 0.3) is 0 Å². The van der Waals surface area contributed by atoms with E-state index in [9.17, 15) is 0 Å². The van der Waals surface area contributed by atoms with Crippen LogP contribution in [0.15, 0.2) is 24.3 Å². The highest BCUT2D eigenvalue weighted by Gasteiger charge is 2.18. The average molecular weight is 288 g/mol. The highest BCUT2D eigenvalue weighted by molar-refractivity contribution is 5.29. The minimum absolute atomic E-state index is 0.214. The molecular weight excluding hydrogens is 256 g/mol. The van der Waals surface area contributed by atoms with Crippen LogP contribution >= 0.6 is 0 Å². The maximum absolute atomic E-state index is 6.02. The van der Waals surface area contributed by atoms with Gasteiger partial charge in [0.25, 0.3) is 0 Å². The molecule has 1 atom stereocenters. The van der Waals surface area contributed by atoms with Crippen LogP contribution in [-0.4, -0.2) is 12.6 Å². The summed E-state index contributed by atoms with van der Waals surface area (Å²) in [6.07, 6.45) is 8.11. The summed E-state index contributed by atoms with van der Waals surface area (Å²) < 4.78 is 0. The summed E-state index contributed by atoms with van der Waals surface area (Å²) in [5, 5.41) is 3.80. The van der Waals surface area contributed by atoms with E-state index < -0.39 is 0 Å². The van der Waals surface area contributed by atoms with Crippen molar-refractivity contribution < 1.29 is 0 Å². The van der Waals surface area contributed by atoms with E-state index >= 15 is 0 Å². The smallest absolute Gasteiger partial charge is 0.0446 e. The lowest BCUT2D eigenvalue weighted by Gasteiger charge is -2.25. The van der Waals surface area contributed by atoms with E-state index in [0.717, 1.165) is 0 Å². The van der Waals surface area contributed by atoms with Crippen LogP contribution in [0.2, 0.25) is 0 Å². The Morgan fingerprint density at radius 2 is 1.62 bits per heavy atom. The van der Waals surface area contributed by atoms with Gasteiger partial charge in [0.2, 0.25) is 0 Å². The van der Waals surface area contributed by atoms with E-state index in [2.05, 4.69) is 50.4 Å². The Labute approximate surface area is 130 Å². The highest BCUT2D eigenvalue weighted by atomic mass is 15.0. The molecule has 2 nitrogen and oxygen atoms in total. The van der Waals surface area contributed by atoms with Crippen molar-refractivity contribution in [3.63, 3.8) is 0 Å². The second-order valence-electron chi connectivity index (χ2n) is 7.52. The molecule has 21 heavy (non-hydrogen) atoms. The molecule has 0 bridgehead atoms. The van der Waals surface area contributed by atoms with Gasteiger partial charge in [0, 0.05) is 18.6 Å². The Balaban J connectivity index is 2.03. The number of hydrogen-bond acceptors (Lipinski definition) is 2. The fraction of sp³-hybridized carbons (Fsp3) is 0.684. The first-order valence-electron chi connectivity index (χ1n) is 8.57. The normalized spacial score (nSPS) is 19.2.